The van der Waals surface area contributed by atoms with Crippen LogP contribution >= 0.6 is 11.6 Å². The Kier molecular flexibility index (Phi) is 7.12. The number of methoxy groups -OCH3 is 1. The molecule has 2 aromatic carbocycles. The van der Waals surface area contributed by atoms with Gasteiger partial charge in [0.05, 0.1) is 25.0 Å². The van der Waals surface area contributed by atoms with Crippen molar-refractivity contribution in [3.8, 4) is 22.9 Å². The standard InChI is InChI=1S/C25H24ClN3O4/c1-28-25(33-20-12-10-19(26)11-13-20)21(23(27-28)18-7-4-3-5-8-18)17-29(14-16-31-2)24(30)22-9-6-15-32-22/h3-13,15H,14,16-17H2,1-2H3. The predicted octanol–water partition coefficient (Wildman–Crippen LogP) is 5.41. The Morgan fingerprint density at radius 3 is 2.52 bits per heavy atom. The number of aryl methyl sites for hydroxylation is 1. The highest BCUT2D eigenvalue weighted by Gasteiger charge is 2.26. The summed E-state index contributed by atoms with van der Waals surface area (Å²) in [4.78, 5) is 14.8. The second-order valence-electron chi connectivity index (χ2n) is 7.37. The molecule has 2 aromatic heterocycles. The Labute approximate surface area is 197 Å². The maximum Gasteiger partial charge on any atom is 0.289 e. The van der Waals surface area contributed by atoms with Crippen molar-refractivity contribution in [1.82, 2.24) is 14.7 Å². The zero-order valence-electron chi connectivity index (χ0n) is 18.4. The van der Waals surface area contributed by atoms with E-state index >= 15 is 0 Å². The lowest BCUT2D eigenvalue weighted by atomic mass is 10.1. The first kappa shape index (κ1) is 22.6. The number of carbonyl (C=O) groups is 1. The lowest BCUT2D eigenvalue weighted by Gasteiger charge is -2.22. The maximum absolute atomic E-state index is 13.2. The van der Waals surface area contributed by atoms with E-state index in [-0.39, 0.29) is 18.2 Å². The van der Waals surface area contributed by atoms with Crippen LogP contribution in [-0.2, 0) is 18.3 Å². The van der Waals surface area contributed by atoms with Crippen molar-refractivity contribution >= 4 is 17.5 Å². The molecule has 0 saturated carbocycles. The van der Waals surface area contributed by atoms with E-state index in [0.717, 1.165) is 16.8 Å². The van der Waals surface area contributed by atoms with Gasteiger partial charge in [-0.25, -0.2) is 4.68 Å². The highest BCUT2D eigenvalue weighted by atomic mass is 35.5. The predicted molar refractivity (Wildman–Crippen MR) is 125 cm³/mol. The summed E-state index contributed by atoms with van der Waals surface area (Å²) in [5.74, 6) is 1.17. The molecule has 170 valence electrons. The van der Waals surface area contributed by atoms with Gasteiger partial charge in [0.2, 0.25) is 5.88 Å². The zero-order valence-corrected chi connectivity index (χ0v) is 19.2. The third-order valence-electron chi connectivity index (χ3n) is 5.10. The largest absolute Gasteiger partial charge is 0.459 e. The molecule has 0 radical (unpaired) electrons. The van der Waals surface area contributed by atoms with Gasteiger partial charge in [0.15, 0.2) is 5.76 Å². The number of hydrogen-bond acceptors (Lipinski definition) is 5. The van der Waals surface area contributed by atoms with Crippen molar-refractivity contribution in [3.63, 3.8) is 0 Å². The van der Waals surface area contributed by atoms with Crippen LogP contribution in [0.4, 0.5) is 0 Å². The average Bonchev–Trinajstić information content (AvgIpc) is 3.47. The summed E-state index contributed by atoms with van der Waals surface area (Å²) < 4.78 is 18.5. The number of hydrogen-bond donors (Lipinski definition) is 0. The fraction of sp³-hybridized carbons (Fsp3) is 0.200. The van der Waals surface area contributed by atoms with E-state index in [1.165, 1.54) is 6.26 Å². The fourth-order valence-corrected chi connectivity index (χ4v) is 3.59. The molecular weight excluding hydrogens is 442 g/mol. The molecule has 0 atom stereocenters. The van der Waals surface area contributed by atoms with E-state index in [4.69, 9.17) is 30.6 Å². The fourth-order valence-electron chi connectivity index (χ4n) is 3.47. The SMILES string of the molecule is COCCN(Cc1c(-c2ccccc2)nn(C)c1Oc1ccc(Cl)cc1)C(=O)c1ccco1. The lowest BCUT2D eigenvalue weighted by molar-refractivity contribution is 0.0648. The van der Waals surface area contributed by atoms with Gasteiger partial charge in [-0.05, 0) is 36.4 Å². The van der Waals surface area contributed by atoms with Crippen LogP contribution in [0.15, 0.2) is 77.4 Å². The van der Waals surface area contributed by atoms with Crippen molar-refractivity contribution in [3.05, 3.63) is 89.3 Å². The summed E-state index contributed by atoms with van der Waals surface area (Å²) in [6, 6.07) is 20.2. The van der Waals surface area contributed by atoms with E-state index < -0.39 is 0 Å². The van der Waals surface area contributed by atoms with Gasteiger partial charge in [-0.3, -0.25) is 4.79 Å². The molecule has 7 nitrogen and oxygen atoms in total. The first-order chi connectivity index (χ1) is 16.1. The number of benzene rings is 2. The number of rotatable bonds is 9. The smallest absolute Gasteiger partial charge is 0.289 e. The van der Waals surface area contributed by atoms with Crippen molar-refractivity contribution in [1.29, 1.82) is 0 Å². The van der Waals surface area contributed by atoms with Gasteiger partial charge >= 0.3 is 0 Å². The number of nitrogens with zero attached hydrogens (tertiary/aromatic N) is 3. The van der Waals surface area contributed by atoms with Gasteiger partial charge in [0.25, 0.3) is 5.91 Å². The summed E-state index contributed by atoms with van der Waals surface area (Å²) >= 11 is 6.02. The quantitative estimate of drug-likeness (QED) is 0.330. The van der Waals surface area contributed by atoms with Crippen molar-refractivity contribution in [2.24, 2.45) is 7.05 Å². The molecule has 0 aliphatic heterocycles. The number of ether oxygens (including phenoxy) is 2. The lowest BCUT2D eigenvalue weighted by Crippen LogP contribution is -2.33. The van der Waals surface area contributed by atoms with Crippen LogP contribution in [0.1, 0.15) is 16.1 Å². The molecule has 0 fully saturated rings. The Morgan fingerprint density at radius 2 is 1.85 bits per heavy atom. The molecule has 0 saturated heterocycles. The van der Waals surface area contributed by atoms with E-state index in [9.17, 15) is 4.79 Å². The summed E-state index contributed by atoms with van der Waals surface area (Å²) in [7, 11) is 3.42. The molecule has 0 spiro atoms. The molecule has 1 amide bonds. The Hall–Kier alpha value is -3.55. The molecule has 4 aromatic rings. The molecule has 0 aliphatic rings. The summed E-state index contributed by atoms with van der Waals surface area (Å²) in [6.07, 6.45) is 1.48. The molecule has 4 rings (SSSR count). The van der Waals surface area contributed by atoms with Crippen LogP contribution in [-0.4, -0.2) is 40.8 Å². The minimum atomic E-state index is -0.239. The third-order valence-corrected chi connectivity index (χ3v) is 5.35. The van der Waals surface area contributed by atoms with Crippen LogP contribution in [0.2, 0.25) is 5.02 Å². The van der Waals surface area contributed by atoms with Gasteiger partial charge in [0, 0.05) is 31.3 Å². The van der Waals surface area contributed by atoms with Gasteiger partial charge in [-0.2, -0.15) is 5.10 Å². The van der Waals surface area contributed by atoms with Gasteiger partial charge in [-0.1, -0.05) is 41.9 Å². The Balaban J connectivity index is 1.75. The van der Waals surface area contributed by atoms with E-state index in [1.807, 2.05) is 37.4 Å². The van der Waals surface area contributed by atoms with Crippen LogP contribution in [0.25, 0.3) is 11.3 Å². The van der Waals surface area contributed by atoms with Crippen molar-refractivity contribution in [2.45, 2.75) is 6.54 Å². The summed E-state index contributed by atoms with van der Waals surface area (Å²) in [6.45, 7) is 1.00. The minimum Gasteiger partial charge on any atom is -0.459 e. The van der Waals surface area contributed by atoms with Gasteiger partial charge in [-0.15, -0.1) is 0 Å². The van der Waals surface area contributed by atoms with Gasteiger partial charge < -0.3 is 18.8 Å². The monoisotopic (exact) mass is 465 g/mol. The molecule has 0 bridgehead atoms. The Morgan fingerprint density at radius 1 is 1.09 bits per heavy atom. The number of aromatic nitrogens is 2. The molecule has 0 unspecified atom stereocenters. The average molecular weight is 466 g/mol. The number of carbonyl (C=O) groups excluding carboxylic acids is 1. The topological polar surface area (TPSA) is 69.7 Å². The first-order valence-corrected chi connectivity index (χ1v) is 10.8. The molecule has 0 aliphatic carbocycles. The third kappa shape index (κ3) is 5.27. The molecule has 2 heterocycles. The second-order valence-corrected chi connectivity index (χ2v) is 7.81. The van der Waals surface area contributed by atoms with Crippen LogP contribution < -0.4 is 4.74 Å². The van der Waals surface area contributed by atoms with Crippen molar-refractivity contribution < 1.29 is 18.7 Å². The van der Waals surface area contributed by atoms with Crippen LogP contribution in [0, 0.1) is 0 Å². The summed E-state index contributed by atoms with van der Waals surface area (Å²) in [5, 5.41) is 5.34. The Bertz CT molecular complexity index is 1190. The second kappa shape index (κ2) is 10.4. The maximum atomic E-state index is 13.2. The molecule has 8 heteroatoms. The summed E-state index contributed by atoms with van der Waals surface area (Å²) in [5.41, 5.74) is 2.43. The molecule has 33 heavy (non-hydrogen) atoms. The zero-order chi connectivity index (χ0) is 23.2. The normalized spacial score (nSPS) is 10.9. The van der Waals surface area contributed by atoms with Crippen molar-refractivity contribution in [2.75, 3.05) is 20.3 Å². The number of halogens is 1. The number of amides is 1. The molecular formula is C25H24ClN3O4. The van der Waals surface area contributed by atoms with Crippen LogP contribution in [0.5, 0.6) is 11.6 Å². The molecule has 0 N–H and O–H groups in total. The highest BCUT2D eigenvalue weighted by Crippen LogP contribution is 2.34. The first-order valence-electron chi connectivity index (χ1n) is 10.4. The highest BCUT2D eigenvalue weighted by molar-refractivity contribution is 6.30. The minimum absolute atomic E-state index is 0.239. The van der Waals surface area contributed by atoms with E-state index in [0.29, 0.717) is 29.8 Å². The van der Waals surface area contributed by atoms with E-state index in [2.05, 4.69) is 0 Å². The number of furan rings is 1. The van der Waals surface area contributed by atoms with Gasteiger partial charge in [0.1, 0.15) is 11.4 Å². The van der Waals surface area contributed by atoms with Crippen LogP contribution in [0.3, 0.4) is 0 Å². The van der Waals surface area contributed by atoms with E-state index in [1.54, 1.807) is 53.1 Å².